The van der Waals surface area contributed by atoms with E-state index in [1.54, 1.807) is 47.4 Å². The van der Waals surface area contributed by atoms with Gasteiger partial charge in [-0.15, -0.1) is 0 Å². The Morgan fingerprint density at radius 1 is 0.973 bits per heavy atom. The zero-order chi connectivity index (χ0) is 26.9. The lowest BCUT2D eigenvalue weighted by molar-refractivity contribution is -0.114. The van der Waals surface area contributed by atoms with E-state index in [4.69, 9.17) is 4.18 Å². The van der Waals surface area contributed by atoms with E-state index in [0.29, 0.717) is 41.0 Å². The molecular weight excluding hydrogens is 490 g/mol. The van der Waals surface area contributed by atoms with Gasteiger partial charge in [0.15, 0.2) is 0 Å². The molecule has 0 bridgehead atoms. The largest absolute Gasteiger partial charge is 0.506 e. The van der Waals surface area contributed by atoms with Crippen molar-refractivity contribution in [1.29, 1.82) is 0 Å². The van der Waals surface area contributed by atoms with Crippen molar-refractivity contribution in [2.75, 3.05) is 23.1 Å². The number of hydrogen-bond donors (Lipinski definition) is 3. The number of anilines is 2. The highest BCUT2D eigenvalue weighted by Crippen LogP contribution is 2.36. The predicted octanol–water partition coefficient (Wildman–Crippen LogP) is 5.92. The van der Waals surface area contributed by atoms with E-state index in [1.165, 1.54) is 13.0 Å². The lowest BCUT2D eigenvalue weighted by atomic mass is 10.0. The van der Waals surface area contributed by atoms with Crippen LogP contribution in [0, 0.1) is 6.92 Å². The van der Waals surface area contributed by atoms with Crippen molar-refractivity contribution in [3.8, 4) is 11.5 Å². The number of phenols is 1. The first kappa shape index (κ1) is 28.0. The average molecular weight is 526 g/mol. The van der Waals surface area contributed by atoms with E-state index in [2.05, 4.69) is 23.9 Å². The van der Waals surface area contributed by atoms with Crippen molar-refractivity contribution in [1.82, 2.24) is 4.90 Å². The normalized spacial score (nSPS) is 11.7. The molecule has 1 atom stereocenters. The van der Waals surface area contributed by atoms with E-state index in [1.807, 2.05) is 6.92 Å². The third-order valence-electron chi connectivity index (χ3n) is 5.98. The summed E-state index contributed by atoms with van der Waals surface area (Å²) in [5.74, 6) is -0.295. The van der Waals surface area contributed by atoms with Crippen LogP contribution in [0.5, 0.6) is 11.5 Å². The van der Waals surface area contributed by atoms with Crippen LogP contribution in [0.25, 0.3) is 10.8 Å². The molecule has 37 heavy (non-hydrogen) atoms. The molecule has 3 N–H and O–H groups in total. The van der Waals surface area contributed by atoms with Crippen LogP contribution in [0.15, 0.2) is 48.5 Å². The standard InChI is InChI=1S/C28H35N3O5S/c1-5-7-15-31(16-8-6-2)28(34)24-18-26(22-11-9-10-12-23(22)27(24)33)30-37(35)36-21-14-13-19(3)25(17-21)29-20(4)32/h9-14,17-18,30,33H,5-8,15-16H2,1-4H3,(H,29,32). The lowest BCUT2D eigenvalue weighted by Crippen LogP contribution is -2.33. The van der Waals surface area contributed by atoms with E-state index >= 15 is 0 Å². The molecular formula is C28H35N3O5S. The highest BCUT2D eigenvalue weighted by Gasteiger charge is 2.22. The second-order valence-electron chi connectivity index (χ2n) is 8.94. The number of carbonyl (C=O) groups is 2. The Kier molecular flexibility index (Phi) is 9.91. The van der Waals surface area contributed by atoms with Gasteiger partial charge in [-0.25, -0.2) is 0 Å². The third kappa shape index (κ3) is 7.22. The minimum atomic E-state index is -2.02. The van der Waals surface area contributed by atoms with Gasteiger partial charge >= 0.3 is 11.3 Å². The van der Waals surface area contributed by atoms with Crippen LogP contribution in [0.4, 0.5) is 11.4 Å². The minimum absolute atomic E-state index is 0.102. The van der Waals surface area contributed by atoms with Gasteiger partial charge in [0.25, 0.3) is 5.91 Å². The second-order valence-corrected chi connectivity index (χ2v) is 9.78. The number of unbranched alkanes of at least 4 members (excludes halogenated alkanes) is 2. The zero-order valence-corrected chi connectivity index (χ0v) is 22.6. The predicted molar refractivity (Wildman–Crippen MR) is 149 cm³/mol. The van der Waals surface area contributed by atoms with E-state index in [-0.39, 0.29) is 23.1 Å². The van der Waals surface area contributed by atoms with Crippen molar-refractivity contribution in [2.45, 2.75) is 53.4 Å². The Morgan fingerprint density at radius 3 is 2.24 bits per heavy atom. The number of nitrogens with one attached hydrogen (secondary N) is 2. The quantitative estimate of drug-likeness (QED) is 0.254. The van der Waals surface area contributed by atoms with Crippen molar-refractivity contribution in [2.24, 2.45) is 0 Å². The van der Waals surface area contributed by atoms with Gasteiger partial charge in [-0.05, 0) is 37.5 Å². The molecule has 3 rings (SSSR count). The molecule has 0 aliphatic carbocycles. The fraction of sp³-hybridized carbons (Fsp3) is 0.357. The molecule has 0 aliphatic heterocycles. The summed E-state index contributed by atoms with van der Waals surface area (Å²) in [7, 11) is 0. The summed E-state index contributed by atoms with van der Waals surface area (Å²) < 4.78 is 21.4. The number of hydrogen-bond acceptors (Lipinski definition) is 5. The van der Waals surface area contributed by atoms with E-state index < -0.39 is 11.3 Å². The first-order valence-electron chi connectivity index (χ1n) is 12.5. The smallest absolute Gasteiger partial charge is 0.316 e. The van der Waals surface area contributed by atoms with Crippen LogP contribution in [-0.2, 0) is 16.1 Å². The highest BCUT2D eigenvalue weighted by atomic mass is 32.2. The van der Waals surface area contributed by atoms with Gasteiger partial charge in [-0.2, -0.15) is 4.21 Å². The number of phenolic OH excluding ortho intramolecular Hbond substituents is 1. The number of aromatic hydroxyl groups is 1. The molecule has 3 aromatic carbocycles. The summed E-state index contributed by atoms with van der Waals surface area (Å²) in [5.41, 5.74) is 1.94. The molecule has 0 aliphatic rings. The molecule has 1 unspecified atom stereocenters. The Bertz CT molecular complexity index is 1290. The molecule has 198 valence electrons. The number of nitrogens with zero attached hydrogens (tertiary/aromatic N) is 1. The average Bonchev–Trinajstić information content (AvgIpc) is 2.87. The van der Waals surface area contributed by atoms with Crippen molar-refractivity contribution in [3.05, 3.63) is 59.7 Å². The van der Waals surface area contributed by atoms with Crippen molar-refractivity contribution < 1.29 is 23.1 Å². The first-order chi connectivity index (χ1) is 17.7. The SMILES string of the molecule is CCCCN(CCCC)C(=O)c1cc(NS(=O)Oc2ccc(C)c(NC(C)=O)c2)c2ccccc2c1O. The van der Waals surface area contributed by atoms with Gasteiger partial charge in [-0.3, -0.25) is 14.3 Å². The van der Waals surface area contributed by atoms with Gasteiger partial charge in [0.2, 0.25) is 5.91 Å². The number of fused-ring (bicyclic) bond motifs is 1. The zero-order valence-electron chi connectivity index (χ0n) is 21.8. The van der Waals surface area contributed by atoms with Gasteiger partial charge in [0.05, 0.1) is 11.3 Å². The Morgan fingerprint density at radius 2 is 1.62 bits per heavy atom. The lowest BCUT2D eigenvalue weighted by Gasteiger charge is -2.24. The fourth-order valence-corrected chi connectivity index (χ4v) is 4.63. The Labute approximate surface area is 220 Å². The highest BCUT2D eigenvalue weighted by molar-refractivity contribution is 7.82. The molecule has 8 nitrogen and oxygen atoms in total. The van der Waals surface area contributed by atoms with Gasteiger partial charge in [0, 0.05) is 42.5 Å². The van der Waals surface area contributed by atoms with Gasteiger partial charge < -0.3 is 19.5 Å². The minimum Gasteiger partial charge on any atom is -0.506 e. The van der Waals surface area contributed by atoms with Gasteiger partial charge in [-0.1, -0.05) is 57.0 Å². The Hall–Kier alpha value is -3.59. The molecule has 0 fully saturated rings. The maximum atomic E-state index is 13.5. The van der Waals surface area contributed by atoms with Crippen LogP contribution >= 0.6 is 0 Å². The molecule has 0 heterocycles. The number of carbonyl (C=O) groups excluding carboxylic acids is 2. The summed E-state index contributed by atoms with van der Waals surface area (Å²) in [6.07, 6.45) is 3.63. The third-order valence-corrected chi connectivity index (χ3v) is 6.71. The molecule has 2 amide bonds. The van der Waals surface area contributed by atoms with Gasteiger partial charge in [0.1, 0.15) is 11.5 Å². The van der Waals surface area contributed by atoms with E-state index in [0.717, 1.165) is 31.2 Å². The number of aryl methyl sites for hydroxylation is 1. The summed E-state index contributed by atoms with van der Waals surface area (Å²) in [6.45, 7) is 8.59. The summed E-state index contributed by atoms with van der Waals surface area (Å²) in [4.78, 5) is 26.7. The van der Waals surface area contributed by atoms with Crippen LogP contribution in [0.1, 0.15) is 62.4 Å². The number of amides is 2. The molecule has 0 saturated heterocycles. The molecule has 0 spiro atoms. The van der Waals surface area contributed by atoms with Crippen LogP contribution in [-0.4, -0.2) is 39.1 Å². The topological polar surface area (TPSA) is 108 Å². The van der Waals surface area contributed by atoms with Crippen LogP contribution in [0.3, 0.4) is 0 Å². The van der Waals surface area contributed by atoms with Crippen LogP contribution < -0.4 is 14.2 Å². The van der Waals surface area contributed by atoms with Crippen molar-refractivity contribution >= 4 is 45.2 Å². The summed E-state index contributed by atoms with van der Waals surface area (Å²) in [5, 5.41) is 14.8. The fourth-order valence-electron chi connectivity index (χ4n) is 3.97. The number of rotatable bonds is 12. The molecule has 3 aromatic rings. The number of benzene rings is 3. The maximum absolute atomic E-state index is 13.5. The van der Waals surface area contributed by atoms with E-state index in [9.17, 15) is 18.9 Å². The first-order valence-corrected chi connectivity index (χ1v) is 13.6. The maximum Gasteiger partial charge on any atom is 0.316 e. The monoisotopic (exact) mass is 525 g/mol. The van der Waals surface area contributed by atoms with Crippen LogP contribution in [0.2, 0.25) is 0 Å². The molecule has 0 radical (unpaired) electrons. The van der Waals surface area contributed by atoms with Crippen molar-refractivity contribution in [3.63, 3.8) is 0 Å². The second kappa shape index (κ2) is 13.1. The summed E-state index contributed by atoms with van der Waals surface area (Å²) in [6, 6.07) is 13.6. The molecule has 0 saturated carbocycles. The summed E-state index contributed by atoms with van der Waals surface area (Å²) >= 11 is -2.02. The Balaban J connectivity index is 1.93. The molecule has 0 aromatic heterocycles. The molecule has 9 heteroatoms.